The Labute approximate surface area is 185 Å². The van der Waals surface area contributed by atoms with Gasteiger partial charge in [0.15, 0.2) is 5.78 Å². The Bertz CT molecular complexity index is 872. The summed E-state index contributed by atoms with van der Waals surface area (Å²) < 4.78 is 5.13. The van der Waals surface area contributed by atoms with Crippen LogP contribution in [0.3, 0.4) is 0 Å². The molecule has 1 aliphatic heterocycles. The van der Waals surface area contributed by atoms with E-state index in [4.69, 9.17) is 38.2 Å². The Hall–Kier alpha value is -2.13. The van der Waals surface area contributed by atoms with Crippen molar-refractivity contribution < 1.29 is 14.4 Å². The van der Waals surface area contributed by atoms with E-state index in [9.17, 15) is 4.79 Å². The number of carbonyl (C=O) groups excluding carboxylic acids is 1. The number of ether oxygens (including phenoxy) is 1. The van der Waals surface area contributed by atoms with Gasteiger partial charge in [-0.05, 0) is 37.6 Å². The minimum atomic E-state index is -0.656. The smallest absolute Gasteiger partial charge is 0.178 e. The van der Waals surface area contributed by atoms with Crippen LogP contribution in [0.4, 0.5) is 5.69 Å². The van der Waals surface area contributed by atoms with Crippen LogP contribution in [0.25, 0.3) is 0 Å². The number of nitrogens with one attached hydrogen (secondary N) is 4. The second-order valence-electron chi connectivity index (χ2n) is 7.25. The Morgan fingerprint density at radius 1 is 1.43 bits per heavy atom. The molecule has 0 bridgehead atoms. The van der Waals surface area contributed by atoms with Gasteiger partial charge in [0.05, 0.1) is 0 Å². The largest absolute Gasteiger partial charge is 0.486 e. The van der Waals surface area contributed by atoms with Crippen LogP contribution in [0, 0.1) is 11.3 Å². The minimum Gasteiger partial charge on any atom is -0.486 e. The number of Topliss-reactive ketones (excluding diaryl/α,β-unsaturated/α-hetero) is 1. The van der Waals surface area contributed by atoms with Gasteiger partial charge in [0.25, 0.3) is 0 Å². The first-order valence-corrected chi connectivity index (χ1v) is 10.3. The van der Waals surface area contributed by atoms with Crippen molar-refractivity contribution in [3.63, 3.8) is 0 Å². The van der Waals surface area contributed by atoms with E-state index < -0.39 is 4.33 Å². The van der Waals surface area contributed by atoms with Gasteiger partial charge in [-0.25, -0.2) is 10.5 Å². The molecule has 1 aromatic carbocycles. The fraction of sp³-hybridized carbons (Fsp3) is 0.450. The third-order valence-electron chi connectivity index (χ3n) is 4.71. The number of anilines is 1. The van der Waals surface area contributed by atoms with Crippen LogP contribution in [0.15, 0.2) is 35.5 Å². The van der Waals surface area contributed by atoms with Crippen LogP contribution < -0.4 is 20.9 Å². The number of aliphatic imine (C=N–C) groups is 1. The van der Waals surface area contributed by atoms with Gasteiger partial charge in [0, 0.05) is 42.9 Å². The maximum absolute atomic E-state index is 11.8. The molecule has 4 N–H and O–H groups in total. The van der Waals surface area contributed by atoms with E-state index in [2.05, 4.69) is 21.1 Å². The van der Waals surface area contributed by atoms with Crippen LogP contribution >= 0.6 is 23.2 Å². The Balaban J connectivity index is 1.57. The number of halogens is 2. The molecule has 162 valence electrons. The average Bonchev–Trinajstić information content (AvgIpc) is 3.32. The summed E-state index contributed by atoms with van der Waals surface area (Å²) in [6.45, 7) is 4.30. The normalized spacial score (nSPS) is 21.4. The van der Waals surface area contributed by atoms with Crippen molar-refractivity contribution in [2.45, 2.75) is 30.6 Å². The maximum Gasteiger partial charge on any atom is 0.178 e. The molecule has 1 aromatic rings. The van der Waals surface area contributed by atoms with Gasteiger partial charge in [-0.3, -0.25) is 15.0 Å². The molecular weight excluding hydrogens is 429 g/mol. The molecule has 2 unspecified atom stereocenters. The number of alkyl halides is 2. The standard InChI is InChI=1S/C20H25Cl2N5O3/c1-12-5-6-24-18(27-12)10-29-15-3-4-17(16(7-15)19(23)13(2)28)25-11-30-26-9-14-8-20(14,21)22/h3-7,12,14,23,25-26H,8-11H2,1-2H3,(H,24,27). The van der Waals surface area contributed by atoms with Crippen molar-refractivity contribution in [2.24, 2.45) is 10.9 Å². The monoisotopic (exact) mass is 453 g/mol. The van der Waals surface area contributed by atoms with E-state index in [1.165, 1.54) is 6.92 Å². The van der Waals surface area contributed by atoms with E-state index in [-0.39, 0.29) is 36.8 Å². The fourth-order valence-corrected chi connectivity index (χ4v) is 3.35. The summed E-state index contributed by atoms with van der Waals surface area (Å²) in [4.78, 5) is 21.4. The maximum atomic E-state index is 11.8. The van der Waals surface area contributed by atoms with Gasteiger partial charge in [0.1, 0.15) is 35.0 Å². The summed E-state index contributed by atoms with van der Waals surface area (Å²) in [6, 6.07) is 5.34. The van der Waals surface area contributed by atoms with Gasteiger partial charge in [-0.1, -0.05) is 0 Å². The summed E-state index contributed by atoms with van der Waals surface area (Å²) in [6.07, 6.45) is 4.42. The first kappa shape index (κ1) is 22.6. The van der Waals surface area contributed by atoms with E-state index in [1.54, 1.807) is 24.4 Å². The Morgan fingerprint density at radius 2 is 2.20 bits per heavy atom. The van der Waals surface area contributed by atoms with Crippen molar-refractivity contribution in [3.05, 3.63) is 36.0 Å². The highest BCUT2D eigenvalue weighted by atomic mass is 35.5. The topological polar surface area (TPSA) is 108 Å². The number of rotatable bonds is 11. The second-order valence-corrected chi connectivity index (χ2v) is 8.80. The molecule has 1 saturated carbocycles. The summed E-state index contributed by atoms with van der Waals surface area (Å²) in [7, 11) is 0. The molecule has 8 nitrogen and oxygen atoms in total. The van der Waals surface area contributed by atoms with Gasteiger partial charge in [-0.2, -0.15) is 0 Å². The first-order valence-electron chi connectivity index (χ1n) is 9.59. The molecule has 30 heavy (non-hydrogen) atoms. The van der Waals surface area contributed by atoms with Crippen LogP contribution in [-0.4, -0.2) is 47.6 Å². The predicted molar refractivity (Wildman–Crippen MR) is 119 cm³/mol. The molecule has 0 radical (unpaired) electrons. The highest BCUT2D eigenvalue weighted by Crippen LogP contribution is 2.52. The quantitative estimate of drug-likeness (QED) is 0.135. The molecule has 1 fully saturated rings. The molecule has 1 heterocycles. The van der Waals surface area contributed by atoms with Crippen molar-refractivity contribution >= 4 is 46.2 Å². The Morgan fingerprint density at radius 3 is 2.87 bits per heavy atom. The van der Waals surface area contributed by atoms with Crippen molar-refractivity contribution in [3.8, 4) is 5.75 Å². The molecule has 2 aliphatic rings. The lowest BCUT2D eigenvalue weighted by atomic mass is 10.0. The van der Waals surface area contributed by atoms with E-state index in [1.807, 2.05) is 13.0 Å². The third kappa shape index (κ3) is 6.18. The van der Waals surface area contributed by atoms with Crippen molar-refractivity contribution in [1.29, 1.82) is 5.41 Å². The zero-order valence-electron chi connectivity index (χ0n) is 16.8. The van der Waals surface area contributed by atoms with E-state index in [0.717, 1.165) is 6.42 Å². The second kappa shape index (κ2) is 9.78. The number of benzene rings is 1. The van der Waals surface area contributed by atoms with Gasteiger partial charge >= 0.3 is 0 Å². The molecule has 3 rings (SSSR count). The highest BCUT2D eigenvalue weighted by Gasteiger charge is 2.51. The zero-order valence-corrected chi connectivity index (χ0v) is 18.3. The first-order chi connectivity index (χ1) is 14.3. The number of ketones is 1. The van der Waals surface area contributed by atoms with Gasteiger partial charge < -0.3 is 15.4 Å². The van der Waals surface area contributed by atoms with E-state index in [0.29, 0.717) is 29.4 Å². The number of amidine groups is 1. The SMILES string of the molecule is CC(=O)C(=N)c1cc(OCC2=NC=CC(C)N2)ccc1NCONCC1CC1(Cl)Cl. The lowest BCUT2D eigenvalue weighted by Gasteiger charge is -2.18. The molecule has 10 heteroatoms. The molecule has 0 aromatic heterocycles. The van der Waals surface area contributed by atoms with Crippen LogP contribution in [-0.2, 0) is 9.63 Å². The lowest BCUT2D eigenvalue weighted by molar-refractivity contribution is -0.111. The molecule has 2 atom stereocenters. The summed E-state index contributed by atoms with van der Waals surface area (Å²) in [5.41, 5.74) is 3.71. The van der Waals surface area contributed by atoms with Crippen LogP contribution in [0.5, 0.6) is 5.75 Å². The highest BCUT2D eigenvalue weighted by molar-refractivity contribution is 6.50. The number of carbonyl (C=O) groups is 1. The van der Waals surface area contributed by atoms with Crippen molar-refractivity contribution in [2.75, 3.05) is 25.2 Å². The molecular formula is C20H25Cl2N5O3. The molecule has 0 saturated heterocycles. The molecule has 1 aliphatic carbocycles. The van der Waals surface area contributed by atoms with Crippen molar-refractivity contribution in [1.82, 2.24) is 10.8 Å². The number of nitrogens with zero attached hydrogens (tertiary/aromatic N) is 1. The number of hydrogen-bond donors (Lipinski definition) is 4. The number of hydrogen-bond acceptors (Lipinski definition) is 8. The minimum absolute atomic E-state index is 0.118. The van der Waals surface area contributed by atoms with Crippen LogP contribution in [0.1, 0.15) is 25.8 Å². The lowest BCUT2D eigenvalue weighted by Crippen LogP contribution is -2.36. The summed E-state index contributed by atoms with van der Waals surface area (Å²) in [5.74, 6) is 1.06. The van der Waals surface area contributed by atoms with E-state index >= 15 is 0 Å². The van der Waals surface area contributed by atoms with Gasteiger partial charge in [0.2, 0.25) is 0 Å². The summed E-state index contributed by atoms with van der Waals surface area (Å²) >= 11 is 11.9. The average molecular weight is 454 g/mol. The third-order valence-corrected chi connectivity index (χ3v) is 5.64. The van der Waals surface area contributed by atoms with Crippen LogP contribution in [0.2, 0.25) is 0 Å². The zero-order chi connectivity index (χ0) is 21.7. The summed E-state index contributed by atoms with van der Waals surface area (Å²) in [5, 5.41) is 14.4. The Kier molecular flexibility index (Phi) is 7.36. The molecule has 0 spiro atoms. The molecule has 0 amide bonds. The predicted octanol–water partition coefficient (Wildman–Crippen LogP) is 3.01. The van der Waals surface area contributed by atoms with Gasteiger partial charge in [-0.15, -0.1) is 23.2 Å². The fourth-order valence-electron chi connectivity index (χ4n) is 2.82. The number of hydroxylamine groups is 1.